The summed E-state index contributed by atoms with van der Waals surface area (Å²) in [5, 5.41) is 3.62. The number of hydrogen-bond donors (Lipinski definition) is 0. The number of nitrogens with zero attached hydrogens (tertiary/aromatic N) is 3. The van der Waals surface area contributed by atoms with Gasteiger partial charge >= 0.3 is 0 Å². The lowest BCUT2D eigenvalue weighted by atomic mass is 9.84. The number of unbranched alkanes of at least 4 members (excludes halogenated alkanes) is 1. The van der Waals surface area contributed by atoms with Crippen LogP contribution < -0.4 is 0 Å². The molecule has 0 unspecified atom stereocenters. The van der Waals surface area contributed by atoms with Crippen molar-refractivity contribution in [2.45, 2.75) is 69.4 Å². The lowest BCUT2D eigenvalue weighted by molar-refractivity contribution is -0.231. The van der Waals surface area contributed by atoms with Crippen molar-refractivity contribution in [3.8, 4) is 0 Å². The number of amides is 2. The van der Waals surface area contributed by atoms with Crippen LogP contribution in [0.4, 0.5) is 0 Å². The predicted molar refractivity (Wildman–Crippen MR) is 219 cm³/mol. The highest BCUT2D eigenvalue weighted by molar-refractivity contribution is 8.00. The molecule has 1 saturated heterocycles. The normalized spacial score (nSPS) is 16.0. The Morgan fingerprint density at radius 2 is 1.38 bits per heavy atom. The van der Waals surface area contributed by atoms with Crippen LogP contribution in [0.3, 0.4) is 0 Å². The average molecular weight is 728 g/mol. The van der Waals surface area contributed by atoms with E-state index in [1.165, 1.54) is 16.7 Å². The van der Waals surface area contributed by atoms with E-state index in [0.29, 0.717) is 25.4 Å². The van der Waals surface area contributed by atoms with Gasteiger partial charge in [0.2, 0.25) is 6.41 Å². The molecule has 0 radical (unpaired) electrons. The van der Waals surface area contributed by atoms with Gasteiger partial charge in [-0.15, -0.1) is 11.8 Å². The number of benzene rings is 5. The fourth-order valence-corrected chi connectivity index (χ4v) is 9.18. The van der Waals surface area contributed by atoms with Crippen LogP contribution in [-0.4, -0.2) is 76.8 Å². The molecule has 276 valence electrons. The molecular formula is C46H53N3O3S. The summed E-state index contributed by atoms with van der Waals surface area (Å²) in [5.41, 5.74) is 3.72. The van der Waals surface area contributed by atoms with Gasteiger partial charge in [-0.3, -0.25) is 19.3 Å². The number of hydrogen-bond acceptors (Lipinski definition) is 5. The smallest absolute Gasteiger partial charge is 0.254 e. The highest BCUT2D eigenvalue weighted by Crippen LogP contribution is 2.49. The zero-order valence-electron chi connectivity index (χ0n) is 31.6. The van der Waals surface area contributed by atoms with Gasteiger partial charge in [-0.05, 0) is 60.7 Å². The molecule has 5 aromatic carbocycles. The van der Waals surface area contributed by atoms with Gasteiger partial charge in [0, 0.05) is 43.5 Å². The fourth-order valence-electron chi connectivity index (χ4n) is 7.58. The molecule has 1 heterocycles. The van der Waals surface area contributed by atoms with Gasteiger partial charge < -0.3 is 4.90 Å². The van der Waals surface area contributed by atoms with Gasteiger partial charge in [-0.1, -0.05) is 147 Å². The molecule has 6 nitrogen and oxygen atoms in total. The van der Waals surface area contributed by atoms with Crippen LogP contribution in [0.5, 0.6) is 0 Å². The molecule has 0 aromatic heterocycles. The summed E-state index contributed by atoms with van der Waals surface area (Å²) < 4.78 is -0.538. The number of rotatable bonds is 15. The molecule has 1 fully saturated rings. The van der Waals surface area contributed by atoms with Crippen molar-refractivity contribution < 1.29 is 14.4 Å². The Morgan fingerprint density at radius 1 is 0.811 bits per heavy atom. The molecule has 0 saturated carbocycles. The first kappa shape index (κ1) is 38.3. The second-order valence-electron chi connectivity index (χ2n) is 15.0. The molecule has 7 heteroatoms. The Labute approximate surface area is 320 Å². The van der Waals surface area contributed by atoms with E-state index in [-0.39, 0.29) is 18.0 Å². The molecule has 1 aliphatic heterocycles. The van der Waals surface area contributed by atoms with E-state index < -0.39 is 10.3 Å². The minimum Gasteiger partial charge on any atom is -0.336 e. The second-order valence-corrected chi connectivity index (χ2v) is 16.2. The summed E-state index contributed by atoms with van der Waals surface area (Å²) in [4.78, 5) is 38.1. The monoisotopic (exact) mass is 727 g/mol. The summed E-state index contributed by atoms with van der Waals surface area (Å²) >= 11 is 1.85. The lowest BCUT2D eigenvalue weighted by Crippen LogP contribution is -2.58. The Bertz CT molecular complexity index is 1810. The van der Waals surface area contributed by atoms with E-state index in [9.17, 15) is 9.59 Å². The van der Waals surface area contributed by atoms with Gasteiger partial charge in [0.1, 0.15) is 0 Å². The van der Waals surface area contributed by atoms with Gasteiger partial charge in [-0.25, -0.2) is 5.06 Å². The SMILES string of the molecule is CCCC[C@H]1CN(C(=O)c2cccc3ccccc23)CCN1C[C@H](CSC(c1ccccc1)(c1ccccc1)c1ccccc1)N(C=O)OC(C)(C)C. The third kappa shape index (κ3) is 9.03. The minimum atomic E-state index is -0.565. The van der Waals surface area contributed by atoms with Gasteiger partial charge in [0.15, 0.2) is 0 Å². The Kier molecular flexibility index (Phi) is 12.7. The molecule has 1 aliphatic rings. The van der Waals surface area contributed by atoms with Crippen molar-refractivity contribution in [1.29, 1.82) is 0 Å². The van der Waals surface area contributed by atoms with Gasteiger partial charge in [0.25, 0.3) is 5.91 Å². The van der Waals surface area contributed by atoms with Crippen LogP contribution in [0, 0.1) is 0 Å². The molecule has 2 atom stereocenters. The maximum Gasteiger partial charge on any atom is 0.254 e. The zero-order chi connectivity index (χ0) is 37.3. The first-order valence-corrected chi connectivity index (χ1v) is 20.0. The number of piperazine rings is 1. The van der Waals surface area contributed by atoms with Crippen molar-refractivity contribution in [2.24, 2.45) is 0 Å². The van der Waals surface area contributed by atoms with Crippen molar-refractivity contribution >= 4 is 34.9 Å². The zero-order valence-corrected chi connectivity index (χ0v) is 32.4. The third-order valence-corrected chi connectivity index (χ3v) is 11.8. The Morgan fingerprint density at radius 3 is 1.94 bits per heavy atom. The molecule has 53 heavy (non-hydrogen) atoms. The highest BCUT2D eigenvalue weighted by Gasteiger charge is 2.40. The van der Waals surface area contributed by atoms with Crippen molar-refractivity contribution in [2.75, 3.05) is 31.9 Å². The van der Waals surface area contributed by atoms with Crippen LogP contribution in [-0.2, 0) is 14.4 Å². The number of fused-ring (bicyclic) bond motifs is 1. The van der Waals surface area contributed by atoms with E-state index in [1.807, 2.05) is 67.8 Å². The van der Waals surface area contributed by atoms with Crippen molar-refractivity contribution in [1.82, 2.24) is 14.9 Å². The number of carbonyl (C=O) groups excluding carboxylic acids is 2. The average Bonchev–Trinajstić information content (AvgIpc) is 3.19. The summed E-state index contributed by atoms with van der Waals surface area (Å²) in [7, 11) is 0. The predicted octanol–water partition coefficient (Wildman–Crippen LogP) is 9.44. The number of hydroxylamine groups is 2. The Balaban J connectivity index is 1.33. The van der Waals surface area contributed by atoms with Crippen LogP contribution in [0.1, 0.15) is 74.0 Å². The molecule has 6 rings (SSSR count). The fraction of sp³-hybridized carbons (Fsp3) is 0.348. The van der Waals surface area contributed by atoms with E-state index in [2.05, 4.69) is 115 Å². The summed E-state index contributed by atoms with van der Waals surface area (Å²) in [6.45, 7) is 10.8. The largest absolute Gasteiger partial charge is 0.336 e. The molecule has 0 spiro atoms. The minimum absolute atomic E-state index is 0.0824. The molecule has 0 N–H and O–H groups in total. The first-order chi connectivity index (χ1) is 25.7. The van der Waals surface area contributed by atoms with Crippen molar-refractivity contribution in [3.63, 3.8) is 0 Å². The highest BCUT2D eigenvalue weighted by atomic mass is 32.2. The summed E-state index contributed by atoms with van der Waals surface area (Å²) in [6.07, 6.45) is 3.96. The number of carbonyl (C=O) groups is 2. The third-order valence-electron chi connectivity index (χ3n) is 10.1. The Hall–Kier alpha value is -4.43. The van der Waals surface area contributed by atoms with E-state index in [4.69, 9.17) is 4.84 Å². The topological polar surface area (TPSA) is 53.1 Å². The van der Waals surface area contributed by atoms with Gasteiger partial charge in [0.05, 0.1) is 16.4 Å². The summed E-state index contributed by atoms with van der Waals surface area (Å²) in [5.74, 6) is 0.697. The van der Waals surface area contributed by atoms with E-state index >= 15 is 0 Å². The van der Waals surface area contributed by atoms with Crippen LogP contribution in [0.25, 0.3) is 10.8 Å². The molecule has 0 aliphatic carbocycles. The number of thioether (sulfide) groups is 1. The first-order valence-electron chi connectivity index (χ1n) is 19.0. The van der Waals surface area contributed by atoms with Crippen molar-refractivity contribution in [3.05, 3.63) is 156 Å². The standard InChI is InChI=1S/C46H53N3O3S/c1-5-6-27-40-32-48(44(51)43-29-18-20-36-19-16-17-28-42(36)43)31-30-47(40)33-41(49(35-50)52-45(2,3)4)34-53-46(37-21-10-7-11-22-37,38-23-12-8-13-24-38)39-25-14-9-15-26-39/h7-26,28-29,35,40-41H,5-6,27,30-34H2,1-4H3/t40-,41+/m0/s1. The van der Waals surface area contributed by atoms with Gasteiger partial charge in [-0.2, -0.15) is 0 Å². The van der Waals surface area contributed by atoms with E-state index in [0.717, 1.165) is 48.6 Å². The quantitative estimate of drug-likeness (QED) is 0.0611. The van der Waals surface area contributed by atoms with Crippen LogP contribution in [0.15, 0.2) is 133 Å². The summed E-state index contributed by atoms with van der Waals surface area (Å²) in [6, 6.07) is 46.0. The molecule has 5 aromatic rings. The second kappa shape index (κ2) is 17.6. The molecule has 2 amide bonds. The maximum atomic E-state index is 14.1. The van der Waals surface area contributed by atoms with E-state index in [1.54, 1.807) is 5.06 Å². The van der Waals surface area contributed by atoms with Crippen LogP contribution >= 0.6 is 11.8 Å². The molecule has 0 bridgehead atoms. The maximum absolute atomic E-state index is 14.1. The van der Waals surface area contributed by atoms with Crippen LogP contribution in [0.2, 0.25) is 0 Å². The molecular weight excluding hydrogens is 675 g/mol. The lowest BCUT2D eigenvalue weighted by Gasteiger charge is -2.45.